The number of amides is 1. The molecule has 0 aromatic heterocycles. The van der Waals surface area contributed by atoms with Gasteiger partial charge in [-0.05, 0) is 37.0 Å². The predicted octanol–water partition coefficient (Wildman–Crippen LogP) is 1.01. The molecule has 4 heterocycles. The fourth-order valence-corrected chi connectivity index (χ4v) is 5.95. The largest absolute Gasteiger partial charge is 1.00 e. The Morgan fingerprint density at radius 3 is 2.23 bits per heavy atom. The van der Waals surface area contributed by atoms with Gasteiger partial charge in [0.1, 0.15) is 6.54 Å². The minimum atomic E-state index is -0.567. The average Bonchev–Trinajstić information content (AvgIpc) is 2.89. The summed E-state index contributed by atoms with van der Waals surface area (Å²) in [6.45, 7) is 5.12. The first-order chi connectivity index (χ1) is 16.6. The minimum absolute atomic E-state index is 0. The van der Waals surface area contributed by atoms with Crippen molar-refractivity contribution in [3.05, 3.63) is 66.2 Å². The molecule has 0 aliphatic carbocycles. The lowest BCUT2D eigenvalue weighted by molar-refractivity contribution is -0.939. The number of hydrogen-bond acceptors (Lipinski definition) is 4. The number of fused-ring (bicyclic) bond motifs is 3. The Balaban J connectivity index is 0.00000289. The van der Waals surface area contributed by atoms with Gasteiger partial charge in [-0.1, -0.05) is 48.5 Å². The van der Waals surface area contributed by atoms with E-state index in [-0.39, 0.29) is 30.4 Å². The molecule has 4 saturated heterocycles. The van der Waals surface area contributed by atoms with E-state index in [2.05, 4.69) is 5.32 Å². The number of ether oxygens (including phenoxy) is 1. The molecule has 0 spiro atoms. The predicted molar refractivity (Wildman–Crippen MR) is 132 cm³/mol. The van der Waals surface area contributed by atoms with E-state index in [9.17, 15) is 9.59 Å². The fraction of sp³-hybridized carbons (Fsp3) is 0.500. The quantitative estimate of drug-likeness (QED) is 0.458. The van der Waals surface area contributed by atoms with Crippen LogP contribution in [0.5, 0.6) is 0 Å². The van der Waals surface area contributed by atoms with Gasteiger partial charge >= 0.3 is 5.97 Å². The van der Waals surface area contributed by atoms with E-state index in [1.165, 1.54) is 6.42 Å². The van der Waals surface area contributed by atoms with E-state index >= 15 is 0 Å². The van der Waals surface area contributed by atoms with E-state index < -0.39 is 6.04 Å². The smallest absolute Gasteiger partial charge is 0.333 e. The standard InChI is InChI=1S/C28H36N3O3.ClH/c32-26(30-16-8-3-9-17-30)21-31-18-14-22(15-19-31)25(20-31)34-28(33)27(23-10-4-1-5-11-23)29-24-12-6-2-7-13-24;/h1-2,4-7,10-13,22,25,27,29H,3,8-9,14-21H2;1H/q+1;/p-1/t22?,25-,27+,31?;/m0./s1. The maximum atomic E-state index is 13.5. The molecule has 6 rings (SSSR count). The van der Waals surface area contributed by atoms with Crippen LogP contribution in [0.3, 0.4) is 0 Å². The van der Waals surface area contributed by atoms with Gasteiger partial charge in [0.25, 0.3) is 5.91 Å². The van der Waals surface area contributed by atoms with Gasteiger partial charge in [0.05, 0.1) is 13.1 Å². The number of quaternary nitrogens is 1. The second kappa shape index (κ2) is 11.4. The van der Waals surface area contributed by atoms with E-state index in [1.54, 1.807) is 0 Å². The molecule has 35 heavy (non-hydrogen) atoms. The molecule has 2 atom stereocenters. The summed E-state index contributed by atoms with van der Waals surface area (Å²) in [7, 11) is 0. The summed E-state index contributed by atoms with van der Waals surface area (Å²) in [4.78, 5) is 28.6. The van der Waals surface area contributed by atoms with Gasteiger partial charge in [-0.15, -0.1) is 0 Å². The van der Waals surface area contributed by atoms with Gasteiger partial charge in [0.2, 0.25) is 0 Å². The van der Waals surface area contributed by atoms with Crippen LogP contribution in [0.25, 0.3) is 0 Å². The Hall–Kier alpha value is -2.57. The van der Waals surface area contributed by atoms with Crippen molar-refractivity contribution in [3.63, 3.8) is 0 Å². The molecular formula is C28H36ClN3O3. The molecule has 2 aromatic carbocycles. The van der Waals surface area contributed by atoms with Crippen molar-refractivity contribution in [1.29, 1.82) is 0 Å². The summed E-state index contributed by atoms with van der Waals surface area (Å²) < 4.78 is 6.99. The molecule has 7 heteroatoms. The summed E-state index contributed by atoms with van der Waals surface area (Å²) in [6.07, 6.45) is 5.36. The van der Waals surface area contributed by atoms with Crippen molar-refractivity contribution in [1.82, 2.24) is 4.90 Å². The number of hydrogen-bond donors (Lipinski definition) is 1. The Bertz CT molecular complexity index is 973. The number of nitrogens with one attached hydrogen (secondary N) is 1. The summed E-state index contributed by atoms with van der Waals surface area (Å²) >= 11 is 0. The number of halogens is 1. The van der Waals surface area contributed by atoms with Gasteiger partial charge in [0.15, 0.2) is 18.7 Å². The van der Waals surface area contributed by atoms with Gasteiger partial charge in [0, 0.05) is 37.5 Å². The number of carbonyl (C=O) groups is 2. The van der Waals surface area contributed by atoms with Crippen LogP contribution in [-0.4, -0.2) is 66.6 Å². The monoisotopic (exact) mass is 497 g/mol. The molecule has 2 bridgehead atoms. The number of esters is 1. The van der Waals surface area contributed by atoms with Crippen molar-refractivity contribution in [2.75, 3.05) is 44.6 Å². The highest BCUT2D eigenvalue weighted by Gasteiger charge is 2.49. The topological polar surface area (TPSA) is 58.6 Å². The summed E-state index contributed by atoms with van der Waals surface area (Å²) in [5.74, 6) is 0.425. The second-order valence-electron chi connectivity index (χ2n) is 10.2. The molecule has 6 nitrogen and oxygen atoms in total. The van der Waals surface area contributed by atoms with Crippen LogP contribution >= 0.6 is 0 Å². The van der Waals surface area contributed by atoms with E-state index in [0.717, 1.165) is 74.1 Å². The summed E-state index contributed by atoms with van der Waals surface area (Å²) in [5.41, 5.74) is 1.78. The minimum Gasteiger partial charge on any atom is -1.00 e. The molecule has 4 aliphatic heterocycles. The van der Waals surface area contributed by atoms with Crippen LogP contribution in [0.15, 0.2) is 60.7 Å². The summed E-state index contributed by atoms with van der Waals surface area (Å²) in [5, 5.41) is 3.37. The number of nitrogens with zero attached hydrogens (tertiary/aromatic N) is 2. The van der Waals surface area contributed by atoms with Crippen LogP contribution in [0.1, 0.15) is 43.7 Å². The molecule has 0 unspecified atom stereocenters. The molecule has 1 N–H and O–H groups in total. The number of rotatable bonds is 7. The van der Waals surface area contributed by atoms with Gasteiger partial charge in [-0.3, -0.25) is 4.79 Å². The van der Waals surface area contributed by atoms with Crippen molar-refractivity contribution < 1.29 is 31.2 Å². The van der Waals surface area contributed by atoms with Gasteiger partial charge in [-0.25, -0.2) is 4.79 Å². The maximum absolute atomic E-state index is 13.5. The lowest BCUT2D eigenvalue weighted by atomic mass is 9.83. The van der Waals surface area contributed by atoms with Crippen LogP contribution in [0.2, 0.25) is 0 Å². The molecule has 0 radical (unpaired) electrons. The lowest BCUT2D eigenvalue weighted by Crippen LogP contribution is -3.00. The summed E-state index contributed by atoms with van der Waals surface area (Å²) in [6, 6.07) is 19.0. The first-order valence-electron chi connectivity index (χ1n) is 12.8. The zero-order chi connectivity index (χ0) is 23.4. The van der Waals surface area contributed by atoms with E-state index in [1.807, 2.05) is 65.6 Å². The number of benzene rings is 2. The van der Waals surface area contributed by atoms with Crippen LogP contribution < -0.4 is 17.7 Å². The van der Waals surface area contributed by atoms with E-state index in [0.29, 0.717) is 12.5 Å². The number of carbonyl (C=O) groups excluding carboxylic acids is 2. The Kier molecular flexibility index (Phi) is 8.34. The van der Waals surface area contributed by atoms with Crippen molar-refractivity contribution in [2.24, 2.45) is 5.92 Å². The van der Waals surface area contributed by atoms with Crippen molar-refractivity contribution >= 4 is 17.6 Å². The zero-order valence-electron chi connectivity index (χ0n) is 20.3. The third kappa shape index (κ3) is 5.99. The zero-order valence-corrected chi connectivity index (χ0v) is 21.0. The average molecular weight is 498 g/mol. The number of para-hydroxylation sites is 1. The molecule has 1 amide bonds. The van der Waals surface area contributed by atoms with Crippen LogP contribution in [-0.2, 0) is 14.3 Å². The lowest BCUT2D eigenvalue weighted by Gasteiger charge is -2.52. The number of anilines is 1. The first-order valence-corrected chi connectivity index (χ1v) is 12.8. The SMILES string of the molecule is O=C(O[C@H]1C[N+]2(CC(=O)N3CCCCC3)CCC1CC2)[C@H](Nc1ccccc1)c1ccccc1.[Cl-]. The Morgan fingerprint density at radius 1 is 0.943 bits per heavy atom. The molecule has 188 valence electrons. The van der Waals surface area contributed by atoms with Gasteiger partial charge in [-0.2, -0.15) is 0 Å². The maximum Gasteiger partial charge on any atom is 0.333 e. The first kappa shape index (κ1) is 25.5. The third-order valence-corrected chi connectivity index (χ3v) is 7.94. The van der Waals surface area contributed by atoms with Crippen molar-refractivity contribution in [3.8, 4) is 0 Å². The van der Waals surface area contributed by atoms with Crippen LogP contribution in [0, 0.1) is 5.92 Å². The molecular weight excluding hydrogens is 462 g/mol. The second-order valence-corrected chi connectivity index (χ2v) is 10.2. The molecule has 4 fully saturated rings. The van der Waals surface area contributed by atoms with Crippen molar-refractivity contribution in [2.45, 2.75) is 44.2 Å². The number of likely N-dealkylation sites (tertiary alicyclic amines) is 1. The highest BCUT2D eigenvalue weighted by atomic mass is 35.5. The highest BCUT2D eigenvalue weighted by molar-refractivity contribution is 5.81. The molecule has 4 aliphatic rings. The third-order valence-electron chi connectivity index (χ3n) is 7.94. The van der Waals surface area contributed by atoms with E-state index in [4.69, 9.17) is 4.74 Å². The number of piperidine rings is 4. The van der Waals surface area contributed by atoms with Gasteiger partial charge < -0.3 is 31.8 Å². The fourth-order valence-electron chi connectivity index (χ4n) is 5.95. The normalized spacial score (nSPS) is 26.3. The molecule has 0 saturated carbocycles. The van der Waals surface area contributed by atoms with Crippen LogP contribution in [0.4, 0.5) is 5.69 Å². The highest BCUT2D eigenvalue weighted by Crippen LogP contribution is 2.36. The Labute approximate surface area is 214 Å². The Morgan fingerprint density at radius 2 is 1.57 bits per heavy atom. The molecule has 2 aromatic rings.